The molecule has 1 aromatic carbocycles. The Kier molecular flexibility index (Phi) is 4.61. The molecule has 0 aliphatic rings. The van der Waals surface area contributed by atoms with E-state index in [4.69, 9.17) is 4.74 Å². The second-order valence-corrected chi connectivity index (χ2v) is 4.02. The first-order chi connectivity index (χ1) is 8.02. The van der Waals surface area contributed by atoms with Gasteiger partial charge in [0.2, 0.25) is 0 Å². The van der Waals surface area contributed by atoms with E-state index in [9.17, 15) is 13.6 Å². The molecule has 1 atom stereocenters. The Hall–Kier alpha value is -1.45. The zero-order valence-corrected chi connectivity index (χ0v) is 10.2. The summed E-state index contributed by atoms with van der Waals surface area (Å²) in [5, 5.41) is 0. The number of benzene rings is 1. The second kappa shape index (κ2) is 5.75. The lowest BCUT2D eigenvalue weighted by molar-refractivity contribution is -0.108. The van der Waals surface area contributed by atoms with Gasteiger partial charge in [0.1, 0.15) is 12.0 Å². The fourth-order valence-electron chi connectivity index (χ4n) is 1.99. The molecule has 0 aliphatic carbocycles. The highest BCUT2D eigenvalue weighted by molar-refractivity contribution is 5.55. The maximum atomic E-state index is 12.8. The average Bonchev–Trinajstić information content (AvgIpc) is 2.28. The van der Waals surface area contributed by atoms with Crippen molar-refractivity contribution < 1.29 is 18.3 Å². The van der Waals surface area contributed by atoms with Crippen molar-refractivity contribution in [3.63, 3.8) is 0 Å². The lowest BCUT2D eigenvalue weighted by Gasteiger charge is -2.19. The lowest BCUT2D eigenvalue weighted by atomic mass is 9.91. The largest absolute Gasteiger partial charge is 0.496 e. The number of ether oxygens (including phenoxy) is 1. The highest BCUT2D eigenvalue weighted by atomic mass is 19.3. The number of aldehydes is 1. The van der Waals surface area contributed by atoms with Crippen LogP contribution in [-0.4, -0.2) is 13.4 Å². The third-order valence-electron chi connectivity index (χ3n) is 2.83. The first-order valence-corrected chi connectivity index (χ1v) is 5.42. The summed E-state index contributed by atoms with van der Waals surface area (Å²) in [6.07, 6.45) is -1.49. The van der Waals surface area contributed by atoms with Crippen LogP contribution >= 0.6 is 0 Å². The number of carbonyl (C=O) groups is 1. The summed E-state index contributed by atoms with van der Waals surface area (Å²) in [4.78, 5) is 10.5. The zero-order valence-electron chi connectivity index (χ0n) is 10.2. The van der Waals surface area contributed by atoms with Gasteiger partial charge in [-0.25, -0.2) is 8.78 Å². The van der Waals surface area contributed by atoms with E-state index >= 15 is 0 Å². The van der Waals surface area contributed by atoms with Crippen LogP contribution in [0.1, 0.15) is 42.4 Å². The molecular weight excluding hydrogens is 226 g/mol. The highest BCUT2D eigenvalue weighted by Crippen LogP contribution is 2.38. The molecule has 1 aromatic rings. The summed E-state index contributed by atoms with van der Waals surface area (Å²) in [5.41, 5.74) is 1.43. The number of methoxy groups -OCH3 is 1. The van der Waals surface area contributed by atoms with E-state index < -0.39 is 6.43 Å². The highest BCUT2D eigenvalue weighted by Gasteiger charge is 2.21. The van der Waals surface area contributed by atoms with Crippen molar-refractivity contribution in [1.82, 2.24) is 0 Å². The van der Waals surface area contributed by atoms with Gasteiger partial charge < -0.3 is 9.53 Å². The summed E-state index contributed by atoms with van der Waals surface area (Å²) < 4.78 is 30.7. The predicted molar refractivity (Wildman–Crippen MR) is 61.8 cm³/mol. The molecule has 2 nitrogen and oxygen atoms in total. The van der Waals surface area contributed by atoms with Crippen molar-refractivity contribution in [3.8, 4) is 5.75 Å². The zero-order chi connectivity index (χ0) is 13.0. The van der Waals surface area contributed by atoms with Crippen molar-refractivity contribution in [3.05, 3.63) is 28.8 Å². The van der Waals surface area contributed by atoms with Gasteiger partial charge >= 0.3 is 0 Å². The van der Waals surface area contributed by atoms with E-state index in [-0.39, 0.29) is 17.2 Å². The summed E-state index contributed by atoms with van der Waals surface area (Å²) in [7, 11) is 1.37. The van der Waals surface area contributed by atoms with Crippen LogP contribution in [0.15, 0.2) is 12.1 Å². The van der Waals surface area contributed by atoms with Crippen LogP contribution in [-0.2, 0) is 4.79 Å². The van der Waals surface area contributed by atoms with E-state index in [1.807, 2.05) is 13.8 Å². The third kappa shape index (κ3) is 2.81. The van der Waals surface area contributed by atoms with Gasteiger partial charge in [0, 0.05) is 12.0 Å². The van der Waals surface area contributed by atoms with Crippen molar-refractivity contribution in [1.29, 1.82) is 0 Å². The van der Waals surface area contributed by atoms with E-state index in [0.29, 0.717) is 12.0 Å². The van der Waals surface area contributed by atoms with E-state index in [1.165, 1.54) is 13.2 Å². The van der Waals surface area contributed by atoms with E-state index in [2.05, 4.69) is 0 Å². The van der Waals surface area contributed by atoms with Gasteiger partial charge in [-0.3, -0.25) is 0 Å². The molecule has 1 rings (SSSR count). The molecule has 0 spiro atoms. The molecule has 0 aliphatic heterocycles. The number of hydrogen-bond acceptors (Lipinski definition) is 2. The number of rotatable bonds is 5. The molecule has 94 valence electrons. The number of carbonyl (C=O) groups excluding carboxylic acids is 1. The molecule has 0 heterocycles. The molecule has 0 saturated carbocycles. The Bertz CT molecular complexity index is 403. The second-order valence-electron chi connectivity index (χ2n) is 4.02. The average molecular weight is 242 g/mol. The molecule has 0 amide bonds. The van der Waals surface area contributed by atoms with Crippen LogP contribution in [0.4, 0.5) is 8.78 Å². The summed E-state index contributed by atoms with van der Waals surface area (Å²) in [6, 6.07) is 3.01. The molecule has 0 saturated heterocycles. The predicted octanol–water partition coefficient (Wildman–Crippen LogP) is 3.63. The summed E-state index contributed by atoms with van der Waals surface area (Å²) >= 11 is 0. The Morgan fingerprint density at radius 2 is 2.06 bits per heavy atom. The minimum absolute atomic E-state index is 0.120. The third-order valence-corrected chi connectivity index (χ3v) is 2.83. The number of alkyl halides is 2. The van der Waals surface area contributed by atoms with Crippen LogP contribution in [0.2, 0.25) is 0 Å². The monoisotopic (exact) mass is 242 g/mol. The molecule has 0 N–H and O–H groups in total. The molecule has 17 heavy (non-hydrogen) atoms. The maximum Gasteiger partial charge on any atom is 0.267 e. The van der Waals surface area contributed by atoms with Crippen molar-refractivity contribution >= 4 is 6.29 Å². The van der Waals surface area contributed by atoms with Gasteiger partial charge in [-0.2, -0.15) is 0 Å². The fraction of sp³-hybridized carbons (Fsp3) is 0.462. The molecule has 4 heteroatoms. The SMILES string of the molecule is COc1c(C(F)F)ccc(C)c1C(C)CC=O. The molecular formula is C13H16F2O2. The van der Waals surface area contributed by atoms with Crippen molar-refractivity contribution in [2.45, 2.75) is 32.6 Å². The van der Waals surface area contributed by atoms with Gasteiger partial charge in [0.15, 0.2) is 0 Å². The van der Waals surface area contributed by atoms with Gasteiger partial charge in [-0.05, 0) is 24.5 Å². The first kappa shape index (κ1) is 13.6. The minimum Gasteiger partial charge on any atom is -0.496 e. The maximum absolute atomic E-state index is 12.8. The first-order valence-electron chi connectivity index (χ1n) is 5.42. The fourth-order valence-corrected chi connectivity index (χ4v) is 1.99. The topological polar surface area (TPSA) is 26.3 Å². The van der Waals surface area contributed by atoms with Crippen LogP contribution in [0.5, 0.6) is 5.75 Å². The van der Waals surface area contributed by atoms with Crippen LogP contribution < -0.4 is 4.74 Å². The number of hydrogen-bond donors (Lipinski definition) is 0. The lowest BCUT2D eigenvalue weighted by Crippen LogP contribution is -2.04. The smallest absolute Gasteiger partial charge is 0.267 e. The quantitative estimate of drug-likeness (QED) is 0.737. The standard InChI is InChI=1S/C13H16F2O2/c1-8-4-5-10(13(14)15)12(17-3)11(8)9(2)6-7-16/h4-5,7,9,13H,6H2,1-3H3. The Labute approximate surface area is 99.6 Å². The molecule has 0 fully saturated rings. The van der Waals surface area contributed by atoms with E-state index in [0.717, 1.165) is 11.8 Å². The molecule has 0 aromatic heterocycles. The number of aryl methyl sites for hydroxylation is 1. The van der Waals surface area contributed by atoms with Crippen LogP contribution in [0.3, 0.4) is 0 Å². The molecule has 0 bridgehead atoms. The number of halogens is 2. The Morgan fingerprint density at radius 1 is 1.41 bits per heavy atom. The van der Waals surface area contributed by atoms with Crippen LogP contribution in [0.25, 0.3) is 0 Å². The van der Waals surface area contributed by atoms with Crippen molar-refractivity contribution in [2.75, 3.05) is 7.11 Å². The van der Waals surface area contributed by atoms with E-state index in [1.54, 1.807) is 6.07 Å². The summed E-state index contributed by atoms with van der Waals surface area (Å²) in [6.45, 7) is 3.66. The van der Waals surface area contributed by atoms with Crippen molar-refractivity contribution in [2.24, 2.45) is 0 Å². The van der Waals surface area contributed by atoms with Gasteiger partial charge in [-0.15, -0.1) is 0 Å². The normalized spacial score (nSPS) is 12.6. The minimum atomic E-state index is -2.58. The molecule has 0 radical (unpaired) electrons. The molecule has 1 unspecified atom stereocenters. The Balaban J connectivity index is 3.34. The van der Waals surface area contributed by atoms with Gasteiger partial charge in [0.25, 0.3) is 6.43 Å². The van der Waals surface area contributed by atoms with Gasteiger partial charge in [-0.1, -0.05) is 13.0 Å². The van der Waals surface area contributed by atoms with Crippen LogP contribution in [0, 0.1) is 6.92 Å². The Morgan fingerprint density at radius 3 is 2.53 bits per heavy atom. The summed E-state index contributed by atoms with van der Waals surface area (Å²) in [5.74, 6) is 0.0792. The van der Waals surface area contributed by atoms with Gasteiger partial charge in [0.05, 0.1) is 12.7 Å².